The van der Waals surface area contributed by atoms with Crippen LogP contribution in [-0.2, 0) is 23.7 Å². The first-order valence-corrected chi connectivity index (χ1v) is 22.8. The molecule has 0 bridgehead atoms. The van der Waals surface area contributed by atoms with E-state index in [-0.39, 0.29) is 12.5 Å². The average Bonchev–Trinajstić information content (AvgIpc) is 3.21. The number of hydrogen-bond donors (Lipinski definition) is 9. The summed E-state index contributed by atoms with van der Waals surface area (Å²) in [7, 11) is 0. The Hall–Kier alpha value is -1.01. The molecule has 2 aliphatic heterocycles. The Morgan fingerprint density at radius 1 is 0.561 bits per heavy atom. The zero-order valence-electron chi connectivity index (χ0n) is 35.3. The highest BCUT2D eigenvalue weighted by molar-refractivity contribution is 5.76. The lowest BCUT2D eigenvalue weighted by molar-refractivity contribution is -0.359. The molecule has 0 saturated carbocycles. The van der Waals surface area contributed by atoms with Gasteiger partial charge in [0.15, 0.2) is 12.6 Å². The van der Waals surface area contributed by atoms with Crippen molar-refractivity contribution in [1.82, 2.24) is 5.32 Å². The van der Waals surface area contributed by atoms with Gasteiger partial charge < -0.3 is 65.1 Å². The van der Waals surface area contributed by atoms with Crippen LogP contribution in [0.15, 0.2) is 0 Å². The highest BCUT2D eigenvalue weighted by atomic mass is 16.7. The summed E-state index contributed by atoms with van der Waals surface area (Å²) in [6, 6.07) is -0.818. The third kappa shape index (κ3) is 20.4. The van der Waals surface area contributed by atoms with Gasteiger partial charge in [0.2, 0.25) is 5.91 Å². The number of carbonyl (C=O) groups is 1. The maximum Gasteiger partial charge on any atom is 0.220 e. The van der Waals surface area contributed by atoms with E-state index in [9.17, 15) is 45.6 Å². The lowest BCUT2D eigenvalue weighted by Crippen LogP contribution is -2.65. The van der Waals surface area contributed by atoms with Gasteiger partial charge in [-0.15, -0.1) is 0 Å². The first kappa shape index (κ1) is 52.1. The van der Waals surface area contributed by atoms with Crippen molar-refractivity contribution in [3.63, 3.8) is 0 Å². The van der Waals surface area contributed by atoms with Crippen LogP contribution in [0.5, 0.6) is 0 Å². The minimum atomic E-state index is -1.78. The highest BCUT2D eigenvalue weighted by Crippen LogP contribution is 2.30. The van der Waals surface area contributed by atoms with E-state index < -0.39 is 86.8 Å². The van der Waals surface area contributed by atoms with Crippen molar-refractivity contribution >= 4 is 5.91 Å². The normalized spacial score (nSPS) is 29.0. The molecule has 12 atom stereocenters. The molecule has 2 aliphatic rings. The van der Waals surface area contributed by atoms with E-state index in [4.69, 9.17) is 18.9 Å². The molecule has 338 valence electrons. The summed E-state index contributed by atoms with van der Waals surface area (Å²) in [5.41, 5.74) is 0. The molecule has 2 fully saturated rings. The number of aliphatic hydroxyl groups is 8. The first-order chi connectivity index (χ1) is 27.6. The minimum Gasteiger partial charge on any atom is -0.394 e. The van der Waals surface area contributed by atoms with Gasteiger partial charge in [0.05, 0.1) is 32.0 Å². The Kier molecular flexibility index (Phi) is 29.1. The third-order valence-corrected chi connectivity index (χ3v) is 11.6. The second kappa shape index (κ2) is 31.8. The molecule has 0 aromatic carbocycles. The Morgan fingerprint density at radius 2 is 1.00 bits per heavy atom. The van der Waals surface area contributed by atoms with Crippen LogP contribution in [0, 0.1) is 0 Å². The molecule has 2 rings (SSSR count). The quantitative estimate of drug-likeness (QED) is 0.0414. The van der Waals surface area contributed by atoms with Crippen molar-refractivity contribution in [2.45, 2.75) is 248 Å². The molecule has 4 unspecified atom stereocenters. The van der Waals surface area contributed by atoms with Crippen molar-refractivity contribution in [2.75, 3.05) is 19.8 Å². The third-order valence-electron chi connectivity index (χ3n) is 11.6. The number of unbranched alkanes of at least 4 members (excludes halogenated alkanes) is 21. The Bertz CT molecular complexity index is 977. The van der Waals surface area contributed by atoms with Gasteiger partial charge in [-0.1, -0.05) is 155 Å². The van der Waals surface area contributed by atoms with E-state index in [1.165, 1.54) is 96.3 Å². The molecule has 0 aliphatic carbocycles. The Morgan fingerprint density at radius 3 is 1.49 bits per heavy atom. The molecular weight excluding hydrogens is 738 g/mol. The standard InChI is InChI=1S/C43H83NO13/c1-3-5-7-9-11-12-13-14-15-16-17-18-19-21-22-24-26-32(47)31(44-35(48)27-25-23-20-10-8-6-4-2)30-54-42-40(53)38(51)41(34(29-46)56-42)57-43-39(52)37(50)36(49)33(28-45)55-43/h31-34,36-43,45-47,49-53H,3-30H2,1-2H3,(H,44,48)/t31-,32+,33+,34+,36-,37?,38?,39?,40?,41+,42+,43-/m0/s1. The van der Waals surface area contributed by atoms with Gasteiger partial charge in [-0.3, -0.25) is 4.79 Å². The summed E-state index contributed by atoms with van der Waals surface area (Å²) in [5, 5.41) is 86.4. The van der Waals surface area contributed by atoms with E-state index in [0.29, 0.717) is 12.8 Å². The summed E-state index contributed by atoms with van der Waals surface area (Å²) in [6.07, 6.45) is 11.4. The number of ether oxygens (including phenoxy) is 4. The molecule has 9 N–H and O–H groups in total. The number of aliphatic hydroxyl groups excluding tert-OH is 8. The zero-order chi connectivity index (χ0) is 41.8. The Balaban J connectivity index is 1.84. The predicted octanol–water partition coefficient (Wildman–Crippen LogP) is 4.27. The molecule has 2 saturated heterocycles. The lowest BCUT2D eigenvalue weighted by Gasteiger charge is -2.46. The summed E-state index contributed by atoms with van der Waals surface area (Å²) in [4.78, 5) is 13.0. The average molecular weight is 822 g/mol. The molecule has 0 spiro atoms. The van der Waals surface area contributed by atoms with Gasteiger partial charge in [-0.25, -0.2) is 0 Å². The van der Waals surface area contributed by atoms with Crippen LogP contribution in [0.2, 0.25) is 0 Å². The fourth-order valence-electron chi connectivity index (χ4n) is 7.76. The minimum absolute atomic E-state index is 0.213. The topological polar surface area (TPSA) is 228 Å². The zero-order valence-corrected chi connectivity index (χ0v) is 35.3. The van der Waals surface area contributed by atoms with Crippen molar-refractivity contribution in [1.29, 1.82) is 0 Å². The second-order valence-electron chi connectivity index (χ2n) is 16.5. The van der Waals surface area contributed by atoms with Crippen LogP contribution in [0.1, 0.15) is 174 Å². The number of nitrogens with one attached hydrogen (secondary N) is 1. The van der Waals surface area contributed by atoms with Gasteiger partial charge in [0, 0.05) is 6.42 Å². The summed E-state index contributed by atoms with van der Waals surface area (Å²) >= 11 is 0. The molecule has 2 heterocycles. The Labute approximate surface area is 343 Å². The van der Waals surface area contributed by atoms with E-state index >= 15 is 0 Å². The van der Waals surface area contributed by atoms with Gasteiger partial charge in [-0.05, 0) is 12.8 Å². The van der Waals surface area contributed by atoms with Gasteiger partial charge in [0.1, 0.15) is 48.8 Å². The lowest BCUT2D eigenvalue weighted by atomic mass is 9.97. The number of amides is 1. The highest BCUT2D eigenvalue weighted by Gasteiger charge is 2.51. The maximum absolute atomic E-state index is 13.0. The second-order valence-corrected chi connectivity index (χ2v) is 16.5. The molecule has 0 radical (unpaired) electrons. The molecule has 14 nitrogen and oxygen atoms in total. The fraction of sp³-hybridized carbons (Fsp3) is 0.977. The SMILES string of the molecule is CCCCCCCCCCCCCCCCCC[C@@H](O)[C@H](CO[C@@H]1O[C@H](CO)[C@@H](O[C@@H]2O[C@H](CO)[C@H](O)C(O)C2O)C(O)C1O)NC(=O)CCCCCCCCC. The van der Waals surface area contributed by atoms with Crippen molar-refractivity contribution < 1.29 is 64.6 Å². The first-order valence-electron chi connectivity index (χ1n) is 22.8. The van der Waals surface area contributed by atoms with E-state index in [0.717, 1.165) is 51.4 Å². The van der Waals surface area contributed by atoms with Gasteiger partial charge in [0.25, 0.3) is 0 Å². The van der Waals surface area contributed by atoms with Crippen molar-refractivity contribution in [2.24, 2.45) is 0 Å². The number of carbonyl (C=O) groups excluding carboxylic acids is 1. The number of rotatable bonds is 34. The largest absolute Gasteiger partial charge is 0.394 e. The molecule has 0 aromatic rings. The van der Waals surface area contributed by atoms with Crippen LogP contribution < -0.4 is 5.32 Å². The smallest absolute Gasteiger partial charge is 0.220 e. The van der Waals surface area contributed by atoms with Gasteiger partial charge in [-0.2, -0.15) is 0 Å². The van der Waals surface area contributed by atoms with Crippen LogP contribution in [0.4, 0.5) is 0 Å². The van der Waals surface area contributed by atoms with E-state index in [1.807, 2.05) is 0 Å². The molecule has 57 heavy (non-hydrogen) atoms. The maximum atomic E-state index is 13.0. The fourth-order valence-corrected chi connectivity index (χ4v) is 7.76. The van der Waals surface area contributed by atoms with Crippen molar-refractivity contribution in [3.05, 3.63) is 0 Å². The van der Waals surface area contributed by atoms with Crippen LogP contribution in [-0.4, -0.2) is 140 Å². The molecule has 1 amide bonds. The molecular formula is C43H83NO13. The van der Waals surface area contributed by atoms with Crippen molar-refractivity contribution in [3.8, 4) is 0 Å². The molecule has 14 heteroatoms. The summed E-state index contributed by atoms with van der Waals surface area (Å²) in [6.45, 7) is 2.79. The van der Waals surface area contributed by atoms with Gasteiger partial charge >= 0.3 is 0 Å². The number of hydrogen-bond acceptors (Lipinski definition) is 13. The van der Waals surface area contributed by atoms with E-state index in [2.05, 4.69) is 19.2 Å². The molecule has 0 aromatic heterocycles. The summed E-state index contributed by atoms with van der Waals surface area (Å²) < 4.78 is 22.6. The van der Waals surface area contributed by atoms with Crippen LogP contribution in [0.25, 0.3) is 0 Å². The van der Waals surface area contributed by atoms with Crippen LogP contribution >= 0.6 is 0 Å². The van der Waals surface area contributed by atoms with Crippen LogP contribution in [0.3, 0.4) is 0 Å². The predicted molar refractivity (Wildman–Crippen MR) is 217 cm³/mol. The summed E-state index contributed by atoms with van der Waals surface area (Å²) in [5.74, 6) is -0.213. The van der Waals surface area contributed by atoms with E-state index in [1.54, 1.807) is 0 Å². The monoisotopic (exact) mass is 822 g/mol.